The van der Waals surface area contributed by atoms with Crippen molar-refractivity contribution in [3.8, 4) is 5.75 Å². The summed E-state index contributed by atoms with van der Waals surface area (Å²) in [5.74, 6) is -2.81. The van der Waals surface area contributed by atoms with E-state index in [0.29, 0.717) is 4.47 Å². The zero-order valence-electron chi connectivity index (χ0n) is 10.9. The number of carbonyl (C=O) groups excluding carboxylic acids is 1. The lowest BCUT2D eigenvalue weighted by Crippen LogP contribution is -2.24. The summed E-state index contributed by atoms with van der Waals surface area (Å²) in [6, 6.07) is 6.63. The highest BCUT2D eigenvalue weighted by Gasteiger charge is 2.19. The Hall–Kier alpha value is -1.82. The van der Waals surface area contributed by atoms with Crippen molar-refractivity contribution in [1.82, 2.24) is 0 Å². The number of Topliss-reactive ketones (excluding diaryl/α,β-unsaturated/α-hetero) is 1. The van der Waals surface area contributed by atoms with Crippen LogP contribution in [-0.4, -0.2) is 11.9 Å². The third-order valence-corrected chi connectivity index (χ3v) is 3.39. The molecule has 0 heterocycles. The van der Waals surface area contributed by atoms with Crippen molar-refractivity contribution in [2.45, 2.75) is 13.0 Å². The van der Waals surface area contributed by atoms with Gasteiger partial charge in [-0.2, -0.15) is 0 Å². The fourth-order valence-electron chi connectivity index (χ4n) is 1.70. The maximum Gasteiger partial charge on any atom is 0.203 e. The van der Waals surface area contributed by atoms with Gasteiger partial charge >= 0.3 is 0 Å². The highest BCUT2D eigenvalue weighted by Crippen LogP contribution is 2.27. The summed E-state index contributed by atoms with van der Waals surface area (Å²) in [6.07, 6.45) is -0.934. The Morgan fingerprint density at radius 2 is 1.81 bits per heavy atom. The van der Waals surface area contributed by atoms with Crippen molar-refractivity contribution in [1.29, 1.82) is 0 Å². The van der Waals surface area contributed by atoms with Gasteiger partial charge in [-0.15, -0.1) is 0 Å². The molecule has 0 fully saturated rings. The number of rotatable bonds is 4. The molecular weight excluding hydrogens is 349 g/mol. The Labute approximate surface area is 127 Å². The van der Waals surface area contributed by atoms with Crippen LogP contribution in [0, 0.1) is 17.5 Å². The zero-order chi connectivity index (χ0) is 15.6. The van der Waals surface area contributed by atoms with Gasteiger partial charge in [-0.3, -0.25) is 4.79 Å². The van der Waals surface area contributed by atoms with Crippen LogP contribution < -0.4 is 4.74 Å². The standard InChI is InChI=1S/C15H10BrF3O2/c1-8(21-14-5-3-10(17)7-11(14)16)15(20)9-2-4-12(18)13(19)6-9/h2-8H,1H3. The van der Waals surface area contributed by atoms with Crippen LogP contribution in [0.2, 0.25) is 0 Å². The highest BCUT2D eigenvalue weighted by molar-refractivity contribution is 9.10. The molecule has 0 amide bonds. The molecule has 0 aliphatic rings. The summed E-state index contributed by atoms with van der Waals surface area (Å²) in [4.78, 5) is 12.1. The largest absolute Gasteiger partial charge is 0.481 e. The highest BCUT2D eigenvalue weighted by atomic mass is 79.9. The molecule has 0 aliphatic carbocycles. The van der Waals surface area contributed by atoms with Crippen molar-refractivity contribution in [3.05, 3.63) is 63.9 Å². The minimum atomic E-state index is -1.10. The van der Waals surface area contributed by atoms with Crippen molar-refractivity contribution in [2.75, 3.05) is 0 Å². The molecule has 0 aliphatic heterocycles. The molecule has 0 saturated carbocycles. The van der Waals surface area contributed by atoms with Gasteiger partial charge in [0, 0.05) is 5.56 Å². The molecule has 0 aromatic heterocycles. The SMILES string of the molecule is CC(Oc1ccc(F)cc1Br)C(=O)c1ccc(F)c(F)c1. The Kier molecular flexibility index (Phi) is 4.67. The molecule has 0 bridgehead atoms. The molecule has 0 saturated heterocycles. The van der Waals surface area contributed by atoms with Crippen LogP contribution in [0.1, 0.15) is 17.3 Å². The van der Waals surface area contributed by atoms with E-state index in [4.69, 9.17) is 4.74 Å². The number of ketones is 1. The molecule has 0 N–H and O–H groups in total. The Balaban J connectivity index is 2.17. The summed E-state index contributed by atoms with van der Waals surface area (Å²) in [7, 11) is 0. The van der Waals surface area contributed by atoms with Crippen LogP contribution in [0.15, 0.2) is 40.9 Å². The fraction of sp³-hybridized carbons (Fsp3) is 0.133. The molecule has 0 radical (unpaired) electrons. The molecule has 2 aromatic carbocycles. The Bertz CT molecular complexity index is 689. The van der Waals surface area contributed by atoms with Gasteiger partial charge in [0.25, 0.3) is 0 Å². The van der Waals surface area contributed by atoms with Gasteiger partial charge in [0.2, 0.25) is 5.78 Å². The minimum absolute atomic E-state index is 0.000339. The quantitative estimate of drug-likeness (QED) is 0.751. The van der Waals surface area contributed by atoms with Gasteiger partial charge in [-0.25, -0.2) is 13.2 Å². The lowest BCUT2D eigenvalue weighted by atomic mass is 10.1. The lowest BCUT2D eigenvalue weighted by Gasteiger charge is -2.15. The second-order valence-corrected chi connectivity index (χ2v) is 5.18. The molecule has 110 valence electrons. The third-order valence-electron chi connectivity index (χ3n) is 2.77. The molecule has 2 rings (SSSR count). The van der Waals surface area contributed by atoms with E-state index in [1.54, 1.807) is 0 Å². The molecule has 2 aromatic rings. The van der Waals surface area contributed by atoms with E-state index in [-0.39, 0.29) is 11.3 Å². The van der Waals surface area contributed by atoms with Crippen LogP contribution in [0.3, 0.4) is 0 Å². The molecule has 2 nitrogen and oxygen atoms in total. The van der Waals surface area contributed by atoms with Gasteiger partial charge < -0.3 is 4.74 Å². The topological polar surface area (TPSA) is 26.3 Å². The maximum absolute atomic E-state index is 13.1. The van der Waals surface area contributed by atoms with Crippen LogP contribution in [-0.2, 0) is 0 Å². The first kappa shape index (κ1) is 15.6. The number of hydrogen-bond donors (Lipinski definition) is 0. The minimum Gasteiger partial charge on any atom is -0.481 e. The fourth-order valence-corrected chi connectivity index (χ4v) is 2.14. The van der Waals surface area contributed by atoms with E-state index in [0.717, 1.165) is 12.1 Å². The number of ether oxygens (including phenoxy) is 1. The molecule has 21 heavy (non-hydrogen) atoms. The summed E-state index contributed by atoms with van der Waals surface area (Å²) < 4.78 is 44.7. The van der Waals surface area contributed by atoms with Crippen molar-refractivity contribution in [2.24, 2.45) is 0 Å². The van der Waals surface area contributed by atoms with Gasteiger partial charge in [0.15, 0.2) is 17.7 Å². The lowest BCUT2D eigenvalue weighted by molar-refractivity contribution is 0.0816. The van der Waals surface area contributed by atoms with E-state index < -0.39 is 29.3 Å². The maximum atomic E-state index is 13.1. The summed E-state index contributed by atoms with van der Waals surface area (Å²) in [6.45, 7) is 1.47. The number of carbonyl (C=O) groups is 1. The molecule has 1 unspecified atom stereocenters. The summed E-state index contributed by atoms with van der Waals surface area (Å²) >= 11 is 3.12. The van der Waals surface area contributed by atoms with Crippen LogP contribution in [0.25, 0.3) is 0 Å². The van der Waals surface area contributed by atoms with Gasteiger partial charge in [0.1, 0.15) is 11.6 Å². The average molecular weight is 359 g/mol. The first-order valence-corrected chi connectivity index (χ1v) is 6.78. The van der Waals surface area contributed by atoms with E-state index in [9.17, 15) is 18.0 Å². The van der Waals surface area contributed by atoms with Crippen LogP contribution >= 0.6 is 15.9 Å². The Morgan fingerprint density at radius 1 is 1.10 bits per heavy atom. The predicted octanol–water partition coefficient (Wildman–Crippen LogP) is 4.52. The molecule has 0 spiro atoms. The Morgan fingerprint density at radius 3 is 2.43 bits per heavy atom. The molecule has 6 heteroatoms. The van der Waals surface area contributed by atoms with Crippen molar-refractivity contribution in [3.63, 3.8) is 0 Å². The first-order valence-electron chi connectivity index (χ1n) is 5.99. The van der Waals surface area contributed by atoms with E-state index in [2.05, 4.69) is 15.9 Å². The first-order chi connectivity index (χ1) is 9.88. The summed E-state index contributed by atoms with van der Waals surface area (Å²) in [5, 5.41) is 0. The van der Waals surface area contributed by atoms with E-state index in [1.165, 1.54) is 31.2 Å². The summed E-state index contributed by atoms with van der Waals surface area (Å²) in [5.41, 5.74) is -0.000339. The van der Waals surface area contributed by atoms with Gasteiger partial charge in [-0.1, -0.05) is 0 Å². The van der Waals surface area contributed by atoms with Gasteiger partial charge in [0.05, 0.1) is 4.47 Å². The van der Waals surface area contributed by atoms with Gasteiger partial charge in [-0.05, 0) is 59.3 Å². The second-order valence-electron chi connectivity index (χ2n) is 4.33. The number of benzene rings is 2. The third kappa shape index (κ3) is 3.64. The smallest absolute Gasteiger partial charge is 0.203 e. The zero-order valence-corrected chi connectivity index (χ0v) is 12.5. The number of hydrogen-bond acceptors (Lipinski definition) is 2. The second kappa shape index (κ2) is 6.30. The predicted molar refractivity (Wildman–Crippen MR) is 74.9 cm³/mol. The molecular formula is C15H10BrF3O2. The average Bonchev–Trinajstić information content (AvgIpc) is 2.44. The monoisotopic (exact) mass is 358 g/mol. The molecule has 1 atom stereocenters. The van der Waals surface area contributed by atoms with Crippen molar-refractivity contribution < 1.29 is 22.7 Å². The van der Waals surface area contributed by atoms with Crippen molar-refractivity contribution >= 4 is 21.7 Å². The number of halogens is 4. The van der Waals surface area contributed by atoms with E-state index in [1.807, 2.05) is 0 Å². The van der Waals surface area contributed by atoms with Crippen LogP contribution in [0.4, 0.5) is 13.2 Å². The van der Waals surface area contributed by atoms with E-state index >= 15 is 0 Å². The normalized spacial score (nSPS) is 12.0. The van der Waals surface area contributed by atoms with Crippen LogP contribution in [0.5, 0.6) is 5.75 Å².